The number of aromatic nitrogens is 3. The highest BCUT2D eigenvalue weighted by atomic mass is 32.1. The highest BCUT2D eigenvalue weighted by Gasteiger charge is 2.29. The molecular weight excluding hydrogens is 354 g/mol. The number of likely N-dealkylation sites (tertiary alicyclic amines) is 1. The van der Waals surface area contributed by atoms with Gasteiger partial charge in [0, 0.05) is 18.5 Å². The number of piperidine rings is 1. The van der Waals surface area contributed by atoms with E-state index in [4.69, 9.17) is 4.52 Å². The Morgan fingerprint density at radius 1 is 1.35 bits per heavy atom. The highest BCUT2D eigenvalue weighted by molar-refractivity contribution is 7.13. The number of anilines is 1. The molecule has 8 nitrogen and oxygen atoms in total. The summed E-state index contributed by atoms with van der Waals surface area (Å²) in [6, 6.07) is 7.47. The van der Waals surface area contributed by atoms with Crippen LogP contribution in [0.5, 0.6) is 0 Å². The van der Waals surface area contributed by atoms with E-state index >= 15 is 0 Å². The summed E-state index contributed by atoms with van der Waals surface area (Å²) < 4.78 is 5.26. The van der Waals surface area contributed by atoms with Crippen molar-refractivity contribution in [3.8, 4) is 0 Å². The zero-order chi connectivity index (χ0) is 17.9. The second-order valence-electron chi connectivity index (χ2n) is 6.21. The summed E-state index contributed by atoms with van der Waals surface area (Å²) in [4.78, 5) is 26.8. The molecule has 1 N–H and O–H groups in total. The lowest BCUT2D eigenvalue weighted by Crippen LogP contribution is -2.44. The minimum Gasteiger partial charge on any atom is -0.356 e. The van der Waals surface area contributed by atoms with Crippen LogP contribution in [-0.4, -0.2) is 45.2 Å². The molecule has 2 amide bonds. The van der Waals surface area contributed by atoms with Gasteiger partial charge in [-0.05, 0) is 25.0 Å². The van der Waals surface area contributed by atoms with Crippen molar-refractivity contribution in [2.75, 3.05) is 18.4 Å². The number of nitrogens with one attached hydrogen (secondary N) is 1. The quantitative estimate of drug-likeness (QED) is 0.754. The van der Waals surface area contributed by atoms with Gasteiger partial charge in [-0.3, -0.25) is 9.59 Å². The van der Waals surface area contributed by atoms with Crippen molar-refractivity contribution in [2.24, 2.45) is 5.92 Å². The van der Waals surface area contributed by atoms with Gasteiger partial charge in [0.2, 0.25) is 16.9 Å². The van der Waals surface area contributed by atoms with Crippen molar-refractivity contribution in [2.45, 2.75) is 19.3 Å². The molecule has 1 aliphatic heterocycles. The molecular formula is C17H17N5O3S. The number of fused-ring (bicyclic) bond motifs is 1. The van der Waals surface area contributed by atoms with Gasteiger partial charge in [0.25, 0.3) is 0 Å². The Hall–Kier alpha value is -2.81. The van der Waals surface area contributed by atoms with Crippen molar-refractivity contribution >= 4 is 39.3 Å². The number of nitrogens with zero attached hydrogens (tertiary/aromatic N) is 4. The number of para-hydroxylation sites is 1. The van der Waals surface area contributed by atoms with Gasteiger partial charge in [-0.15, -0.1) is 10.2 Å². The van der Waals surface area contributed by atoms with Crippen molar-refractivity contribution in [1.29, 1.82) is 0 Å². The van der Waals surface area contributed by atoms with Gasteiger partial charge in [0.05, 0.1) is 12.3 Å². The summed E-state index contributed by atoms with van der Waals surface area (Å²) in [6.07, 6.45) is 1.71. The van der Waals surface area contributed by atoms with Gasteiger partial charge in [0.1, 0.15) is 11.2 Å². The fourth-order valence-corrected chi connectivity index (χ4v) is 3.62. The summed E-state index contributed by atoms with van der Waals surface area (Å²) in [5.41, 5.74) is 2.86. The van der Waals surface area contributed by atoms with Crippen LogP contribution in [0, 0.1) is 5.92 Å². The first-order chi connectivity index (χ1) is 12.7. The van der Waals surface area contributed by atoms with Crippen LogP contribution in [0.2, 0.25) is 0 Å². The van der Waals surface area contributed by atoms with E-state index in [-0.39, 0.29) is 24.2 Å². The fourth-order valence-electron chi connectivity index (χ4n) is 3.17. The van der Waals surface area contributed by atoms with Crippen LogP contribution in [0.1, 0.15) is 18.5 Å². The molecule has 2 aromatic heterocycles. The summed E-state index contributed by atoms with van der Waals surface area (Å²) >= 11 is 1.27. The molecule has 134 valence electrons. The van der Waals surface area contributed by atoms with Crippen LogP contribution in [0.3, 0.4) is 0 Å². The number of hydrogen-bond acceptors (Lipinski definition) is 7. The van der Waals surface area contributed by atoms with E-state index in [1.54, 1.807) is 10.4 Å². The van der Waals surface area contributed by atoms with Crippen LogP contribution in [0.25, 0.3) is 11.0 Å². The number of rotatable bonds is 4. The Morgan fingerprint density at radius 2 is 2.23 bits per heavy atom. The number of carbonyl (C=O) groups is 2. The zero-order valence-corrected chi connectivity index (χ0v) is 14.7. The summed E-state index contributed by atoms with van der Waals surface area (Å²) in [5, 5.41) is 15.6. The van der Waals surface area contributed by atoms with Gasteiger partial charge >= 0.3 is 0 Å². The van der Waals surface area contributed by atoms with E-state index in [9.17, 15) is 9.59 Å². The lowest BCUT2D eigenvalue weighted by atomic mass is 9.96. The van der Waals surface area contributed by atoms with E-state index in [2.05, 4.69) is 20.7 Å². The lowest BCUT2D eigenvalue weighted by molar-refractivity contribution is -0.134. The van der Waals surface area contributed by atoms with Crippen molar-refractivity contribution in [3.63, 3.8) is 0 Å². The molecule has 26 heavy (non-hydrogen) atoms. The molecule has 0 spiro atoms. The predicted molar refractivity (Wildman–Crippen MR) is 95.6 cm³/mol. The van der Waals surface area contributed by atoms with E-state index < -0.39 is 0 Å². The SMILES string of the molecule is O=C(Nc1nncs1)C1CCCN(C(=O)Cc2noc3ccccc23)C1. The number of hydrogen-bond donors (Lipinski definition) is 1. The predicted octanol–water partition coefficient (Wildman–Crippen LogP) is 2.10. The van der Waals surface area contributed by atoms with Gasteiger partial charge in [0.15, 0.2) is 5.58 Å². The van der Waals surface area contributed by atoms with Crippen LogP contribution < -0.4 is 5.32 Å². The first-order valence-electron chi connectivity index (χ1n) is 8.39. The molecule has 1 aromatic carbocycles. The average Bonchev–Trinajstić information content (AvgIpc) is 3.32. The minimum atomic E-state index is -0.245. The third-order valence-corrected chi connectivity index (χ3v) is 5.11. The third-order valence-electron chi connectivity index (χ3n) is 4.51. The van der Waals surface area contributed by atoms with E-state index in [0.717, 1.165) is 18.2 Å². The lowest BCUT2D eigenvalue weighted by Gasteiger charge is -2.31. The number of benzene rings is 1. The largest absolute Gasteiger partial charge is 0.356 e. The average molecular weight is 371 g/mol. The van der Waals surface area contributed by atoms with E-state index in [1.165, 1.54) is 11.3 Å². The summed E-state index contributed by atoms with van der Waals surface area (Å²) in [6.45, 7) is 1.05. The molecule has 0 radical (unpaired) electrons. The van der Waals surface area contributed by atoms with Gasteiger partial charge in [-0.2, -0.15) is 0 Å². The van der Waals surface area contributed by atoms with Crippen LogP contribution in [0.15, 0.2) is 34.3 Å². The maximum Gasteiger partial charge on any atom is 0.231 e. The van der Waals surface area contributed by atoms with Gasteiger partial charge in [-0.25, -0.2) is 0 Å². The van der Waals surface area contributed by atoms with Crippen molar-refractivity contribution < 1.29 is 14.1 Å². The zero-order valence-electron chi connectivity index (χ0n) is 13.9. The van der Waals surface area contributed by atoms with Gasteiger partial charge < -0.3 is 14.7 Å². The maximum absolute atomic E-state index is 12.7. The molecule has 0 saturated carbocycles. The number of carbonyl (C=O) groups excluding carboxylic acids is 2. The molecule has 1 atom stereocenters. The highest BCUT2D eigenvalue weighted by Crippen LogP contribution is 2.22. The van der Waals surface area contributed by atoms with Gasteiger partial charge in [-0.1, -0.05) is 28.6 Å². The molecule has 3 heterocycles. The molecule has 1 unspecified atom stereocenters. The first-order valence-corrected chi connectivity index (χ1v) is 9.27. The molecule has 9 heteroatoms. The van der Waals surface area contributed by atoms with Crippen LogP contribution in [-0.2, 0) is 16.0 Å². The number of amides is 2. The summed E-state index contributed by atoms with van der Waals surface area (Å²) in [5.74, 6) is -0.408. The first kappa shape index (κ1) is 16.6. The molecule has 4 rings (SSSR count). The minimum absolute atomic E-state index is 0.0440. The fraction of sp³-hybridized carbons (Fsp3) is 0.353. The Kier molecular flexibility index (Phi) is 4.61. The maximum atomic E-state index is 12.7. The molecule has 0 bridgehead atoms. The second kappa shape index (κ2) is 7.20. The summed E-state index contributed by atoms with van der Waals surface area (Å²) in [7, 11) is 0. The molecule has 1 aliphatic rings. The van der Waals surface area contributed by atoms with Crippen LogP contribution in [0.4, 0.5) is 5.13 Å². The van der Waals surface area contributed by atoms with E-state index in [1.807, 2.05) is 24.3 Å². The molecule has 3 aromatic rings. The Labute approximate surface area is 153 Å². The second-order valence-corrected chi connectivity index (χ2v) is 7.05. The molecule has 1 saturated heterocycles. The smallest absolute Gasteiger partial charge is 0.231 e. The normalized spacial score (nSPS) is 17.4. The van der Waals surface area contributed by atoms with Crippen molar-refractivity contribution in [3.05, 3.63) is 35.5 Å². The van der Waals surface area contributed by atoms with Crippen molar-refractivity contribution in [1.82, 2.24) is 20.3 Å². The third kappa shape index (κ3) is 3.43. The molecule has 1 fully saturated rings. The van der Waals surface area contributed by atoms with Crippen LogP contribution >= 0.6 is 11.3 Å². The monoisotopic (exact) mass is 371 g/mol. The molecule has 0 aliphatic carbocycles. The Bertz CT molecular complexity index is 924. The standard InChI is InChI=1S/C17H17N5O3S/c23-15(8-13-12-5-1-2-6-14(12)25-21-13)22-7-3-4-11(9-22)16(24)19-17-20-18-10-26-17/h1-2,5-6,10-11H,3-4,7-9H2,(H,19,20,24). The Balaban J connectivity index is 1.40. The van der Waals surface area contributed by atoms with E-state index in [0.29, 0.717) is 29.5 Å². The Morgan fingerprint density at radius 3 is 3.08 bits per heavy atom. The topological polar surface area (TPSA) is 101 Å².